The molecule has 5 heteroatoms. The molecule has 0 radical (unpaired) electrons. The van der Waals surface area contributed by atoms with Crippen LogP contribution in [0.15, 0.2) is 48.0 Å². The summed E-state index contributed by atoms with van der Waals surface area (Å²) in [4.78, 5) is 9.12. The van der Waals surface area contributed by atoms with Gasteiger partial charge in [-0.15, -0.1) is 11.3 Å². The third-order valence-electron chi connectivity index (χ3n) is 4.56. The molecule has 0 amide bonds. The molecule has 2 aromatic carbocycles. The van der Waals surface area contributed by atoms with Crippen molar-refractivity contribution in [1.29, 1.82) is 0 Å². The first-order valence-electron chi connectivity index (χ1n) is 7.99. The SMILES string of the molecule is Fc1ccccc1-c1nc2n(c1-c1ccc3ncsc3c1)CCC2. The van der Waals surface area contributed by atoms with E-state index in [1.807, 2.05) is 23.7 Å². The maximum atomic E-state index is 14.4. The predicted octanol–water partition coefficient (Wildman–Crippen LogP) is 4.91. The highest BCUT2D eigenvalue weighted by Crippen LogP contribution is 2.37. The summed E-state index contributed by atoms with van der Waals surface area (Å²) in [5.74, 6) is 0.821. The molecule has 1 aliphatic rings. The second-order valence-electron chi connectivity index (χ2n) is 6.00. The Morgan fingerprint density at radius 1 is 1.12 bits per heavy atom. The van der Waals surface area contributed by atoms with Gasteiger partial charge in [0.05, 0.1) is 27.1 Å². The van der Waals surface area contributed by atoms with Gasteiger partial charge in [-0.05, 0) is 30.7 Å². The van der Waals surface area contributed by atoms with Crippen LogP contribution in [-0.2, 0) is 13.0 Å². The number of hydrogen-bond acceptors (Lipinski definition) is 3. The van der Waals surface area contributed by atoms with Crippen LogP contribution in [0, 0.1) is 5.82 Å². The molecule has 0 saturated carbocycles. The van der Waals surface area contributed by atoms with Crippen molar-refractivity contribution >= 4 is 21.6 Å². The number of hydrogen-bond donors (Lipinski definition) is 0. The fourth-order valence-electron chi connectivity index (χ4n) is 3.46. The number of rotatable bonds is 2. The normalized spacial score (nSPS) is 13.5. The minimum absolute atomic E-state index is 0.227. The average molecular weight is 335 g/mol. The molecule has 0 N–H and O–H groups in total. The van der Waals surface area contributed by atoms with Gasteiger partial charge in [0.2, 0.25) is 0 Å². The molecule has 0 saturated heterocycles. The number of thiazole rings is 1. The minimum atomic E-state index is -0.227. The van der Waals surface area contributed by atoms with Gasteiger partial charge in [0, 0.05) is 24.1 Å². The van der Waals surface area contributed by atoms with E-state index in [2.05, 4.69) is 21.7 Å². The Labute approximate surface area is 142 Å². The molecule has 5 rings (SSSR count). The standard InChI is InChI=1S/C19H14FN3S/c20-14-5-2-1-4-13(14)18-19(23-9-3-6-17(23)22-18)12-7-8-15-16(10-12)24-11-21-15/h1-2,4-5,7-8,10-11H,3,6,9H2. The van der Waals surface area contributed by atoms with Crippen LogP contribution in [0.1, 0.15) is 12.2 Å². The first-order chi connectivity index (χ1) is 11.8. The van der Waals surface area contributed by atoms with Crippen LogP contribution in [0.2, 0.25) is 0 Å². The Balaban J connectivity index is 1.79. The van der Waals surface area contributed by atoms with Gasteiger partial charge in [0.15, 0.2) is 0 Å². The third-order valence-corrected chi connectivity index (χ3v) is 5.35. The predicted molar refractivity (Wildman–Crippen MR) is 94.6 cm³/mol. The van der Waals surface area contributed by atoms with Gasteiger partial charge in [0.25, 0.3) is 0 Å². The fraction of sp³-hybridized carbons (Fsp3) is 0.158. The summed E-state index contributed by atoms with van der Waals surface area (Å²) in [6, 6.07) is 13.1. The van der Waals surface area contributed by atoms with Crippen molar-refractivity contribution in [2.24, 2.45) is 0 Å². The number of aryl methyl sites for hydroxylation is 1. The molecule has 24 heavy (non-hydrogen) atoms. The van der Waals surface area contributed by atoms with E-state index in [-0.39, 0.29) is 5.82 Å². The lowest BCUT2D eigenvalue weighted by atomic mass is 10.0. The Kier molecular flexibility index (Phi) is 3.03. The number of aromatic nitrogens is 3. The molecule has 1 aliphatic heterocycles. The highest BCUT2D eigenvalue weighted by Gasteiger charge is 2.24. The monoisotopic (exact) mass is 335 g/mol. The van der Waals surface area contributed by atoms with Gasteiger partial charge in [-0.2, -0.15) is 0 Å². The lowest BCUT2D eigenvalue weighted by Gasteiger charge is -2.09. The van der Waals surface area contributed by atoms with Crippen molar-refractivity contribution in [3.63, 3.8) is 0 Å². The molecule has 2 aromatic heterocycles. The Bertz CT molecular complexity index is 1060. The number of fused-ring (bicyclic) bond motifs is 2. The van der Waals surface area contributed by atoms with Crippen molar-refractivity contribution < 1.29 is 4.39 Å². The van der Waals surface area contributed by atoms with E-state index in [1.165, 1.54) is 6.07 Å². The van der Waals surface area contributed by atoms with Crippen LogP contribution in [0.4, 0.5) is 4.39 Å². The molecule has 0 atom stereocenters. The minimum Gasteiger partial charge on any atom is -0.327 e. The van der Waals surface area contributed by atoms with E-state index in [4.69, 9.17) is 4.98 Å². The third kappa shape index (κ3) is 2.01. The summed E-state index contributed by atoms with van der Waals surface area (Å²) in [6.45, 7) is 0.937. The van der Waals surface area contributed by atoms with E-state index in [0.717, 1.165) is 52.4 Å². The van der Waals surface area contributed by atoms with Crippen LogP contribution in [0.3, 0.4) is 0 Å². The molecular weight excluding hydrogens is 321 g/mol. The molecule has 4 aromatic rings. The van der Waals surface area contributed by atoms with Crippen molar-refractivity contribution in [2.75, 3.05) is 0 Å². The van der Waals surface area contributed by atoms with Crippen LogP contribution in [-0.4, -0.2) is 14.5 Å². The fourth-order valence-corrected chi connectivity index (χ4v) is 4.18. The Morgan fingerprint density at radius 2 is 2.04 bits per heavy atom. The van der Waals surface area contributed by atoms with E-state index >= 15 is 0 Å². The number of imidazole rings is 1. The molecule has 0 fully saturated rings. The van der Waals surface area contributed by atoms with Crippen molar-refractivity contribution in [2.45, 2.75) is 19.4 Å². The lowest BCUT2D eigenvalue weighted by molar-refractivity contribution is 0.630. The van der Waals surface area contributed by atoms with Gasteiger partial charge in [-0.25, -0.2) is 14.4 Å². The van der Waals surface area contributed by atoms with Crippen LogP contribution >= 0.6 is 11.3 Å². The number of nitrogens with zero attached hydrogens (tertiary/aromatic N) is 3. The van der Waals surface area contributed by atoms with E-state index < -0.39 is 0 Å². The maximum absolute atomic E-state index is 14.4. The zero-order valence-corrected chi connectivity index (χ0v) is 13.7. The molecule has 118 valence electrons. The zero-order valence-electron chi connectivity index (χ0n) is 12.9. The molecule has 0 bridgehead atoms. The second-order valence-corrected chi connectivity index (χ2v) is 6.88. The van der Waals surface area contributed by atoms with E-state index in [9.17, 15) is 4.39 Å². The van der Waals surface area contributed by atoms with Crippen molar-refractivity contribution in [1.82, 2.24) is 14.5 Å². The number of benzene rings is 2. The highest BCUT2D eigenvalue weighted by molar-refractivity contribution is 7.16. The molecule has 0 aliphatic carbocycles. The summed E-state index contributed by atoms with van der Waals surface area (Å²) in [6.07, 6.45) is 2.04. The van der Waals surface area contributed by atoms with Gasteiger partial charge in [0.1, 0.15) is 11.6 Å². The summed E-state index contributed by atoms with van der Waals surface area (Å²) in [7, 11) is 0. The summed E-state index contributed by atoms with van der Waals surface area (Å²) >= 11 is 1.62. The molecule has 3 nitrogen and oxygen atoms in total. The summed E-state index contributed by atoms with van der Waals surface area (Å²) in [5.41, 5.74) is 6.25. The molecule has 0 spiro atoms. The second kappa shape index (κ2) is 5.24. The topological polar surface area (TPSA) is 30.7 Å². The van der Waals surface area contributed by atoms with E-state index in [1.54, 1.807) is 17.4 Å². The van der Waals surface area contributed by atoms with Gasteiger partial charge in [-0.3, -0.25) is 0 Å². The summed E-state index contributed by atoms with van der Waals surface area (Å²) in [5, 5.41) is 0. The average Bonchev–Trinajstić information content (AvgIpc) is 3.29. The first-order valence-corrected chi connectivity index (χ1v) is 8.87. The molecular formula is C19H14FN3S. The molecule has 3 heterocycles. The smallest absolute Gasteiger partial charge is 0.132 e. The first kappa shape index (κ1) is 13.9. The highest BCUT2D eigenvalue weighted by atomic mass is 32.1. The van der Waals surface area contributed by atoms with Crippen LogP contribution < -0.4 is 0 Å². The summed E-state index contributed by atoms with van der Waals surface area (Å²) < 4.78 is 17.8. The van der Waals surface area contributed by atoms with Crippen molar-refractivity contribution in [3.05, 3.63) is 59.6 Å². The Hall–Kier alpha value is -2.53. The zero-order chi connectivity index (χ0) is 16.1. The molecule has 0 unspecified atom stereocenters. The Morgan fingerprint density at radius 3 is 2.96 bits per heavy atom. The lowest BCUT2D eigenvalue weighted by Crippen LogP contribution is -1.96. The van der Waals surface area contributed by atoms with Gasteiger partial charge >= 0.3 is 0 Å². The maximum Gasteiger partial charge on any atom is 0.132 e. The van der Waals surface area contributed by atoms with E-state index in [0.29, 0.717) is 5.56 Å². The van der Waals surface area contributed by atoms with Crippen molar-refractivity contribution in [3.8, 4) is 22.5 Å². The van der Waals surface area contributed by atoms with Gasteiger partial charge < -0.3 is 4.57 Å². The largest absolute Gasteiger partial charge is 0.327 e. The quantitative estimate of drug-likeness (QED) is 0.521. The van der Waals surface area contributed by atoms with Crippen LogP contribution in [0.25, 0.3) is 32.7 Å². The number of halogens is 1. The van der Waals surface area contributed by atoms with Crippen LogP contribution in [0.5, 0.6) is 0 Å². The van der Waals surface area contributed by atoms with Gasteiger partial charge in [-0.1, -0.05) is 18.2 Å².